The highest BCUT2D eigenvalue weighted by atomic mass is 16.3. The topological polar surface area (TPSA) is 55.6 Å². The van der Waals surface area contributed by atoms with Crippen molar-refractivity contribution in [3.8, 4) is 0 Å². The van der Waals surface area contributed by atoms with E-state index in [4.69, 9.17) is 13.8 Å². The Hall–Kier alpha value is -5.55. The van der Waals surface area contributed by atoms with Gasteiger partial charge in [-0.05, 0) is 71.6 Å². The summed E-state index contributed by atoms with van der Waals surface area (Å²) in [5.74, 6) is 2.08. The summed E-state index contributed by atoms with van der Waals surface area (Å²) in [5, 5.41) is 10.6. The molecular weight excluding hydrogens is 542 g/mol. The molecule has 5 heteroatoms. The summed E-state index contributed by atoms with van der Waals surface area (Å²) in [6.07, 6.45) is 5.20. The summed E-state index contributed by atoms with van der Waals surface area (Å²) >= 11 is 0. The summed E-state index contributed by atoms with van der Waals surface area (Å²) in [6, 6.07) is 36.1. The van der Waals surface area contributed by atoms with Gasteiger partial charge < -0.3 is 18.7 Å². The molecule has 1 N–H and O–H groups in total. The molecule has 210 valence electrons. The van der Waals surface area contributed by atoms with Crippen molar-refractivity contribution in [2.24, 2.45) is 10.9 Å². The van der Waals surface area contributed by atoms with Crippen molar-refractivity contribution in [1.29, 1.82) is 0 Å². The third kappa shape index (κ3) is 3.32. The van der Waals surface area contributed by atoms with Crippen LogP contribution in [-0.2, 0) is 6.42 Å². The van der Waals surface area contributed by atoms with Gasteiger partial charge in [-0.25, -0.2) is 4.99 Å². The van der Waals surface area contributed by atoms with Crippen LogP contribution in [0.3, 0.4) is 0 Å². The molecule has 4 heterocycles. The minimum Gasteiger partial charge on any atom is -0.456 e. The van der Waals surface area contributed by atoms with Crippen molar-refractivity contribution in [2.45, 2.75) is 19.5 Å². The predicted molar refractivity (Wildman–Crippen MR) is 180 cm³/mol. The molecule has 2 atom stereocenters. The molecule has 1 aliphatic carbocycles. The van der Waals surface area contributed by atoms with E-state index in [-0.39, 0.29) is 6.17 Å². The quantitative estimate of drug-likeness (QED) is 0.225. The number of nitrogens with zero attached hydrogens (tertiary/aromatic N) is 2. The first-order valence-corrected chi connectivity index (χ1v) is 15.2. The lowest BCUT2D eigenvalue weighted by atomic mass is 9.94. The molecule has 0 amide bonds. The van der Waals surface area contributed by atoms with Crippen molar-refractivity contribution in [3.05, 3.63) is 132 Å². The Labute approximate surface area is 252 Å². The van der Waals surface area contributed by atoms with E-state index in [1.165, 1.54) is 32.9 Å². The van der Waals surface area contributed by atoms with Crippen LogP contribution in [-0.4, -0.2) is 10.4 Å². The van der Waals surface area contributed by atoms with E-state index >= 15 is 0 Å². The molecule has 8 aromatic rings. The van der Waals surface area contributed by atoms with E-state index in [2.05, 4.69) is 108 Å². The van der Waals surface area contributed by atoms with Gasteiger partial charge in [0.1, 0.15) is 22.6 Å². The standard InChI is InChI=1S/C39H27N3O2/c1-22-14-16-26-29-19-23-8-2-3-9-24(23)21-32(29)42(31(26)18-22)39-37-36(28-11-5-7-13-34(28)44-37)40-38(41-39)25-15-17-35-30(20-25)27-10-4-6-12-33(27)43-35/h2-17,19-22,39H,18H2,1H3,(H,40,41). The van der Waals surface area contributed by atoms with Gasteiger partial charge in [0.05, 0.1) is 11.2 Å². The van der Waals surface area contributed by atoms with Crippen LogP contribution in [0.2, 0.25) is 0 Å². The second-order valence-electron chi connectivity index (χ2n) is 12.1. The van der Waals surface area contributed by atoms with Crippen LogP contribution in [0.25, 0.3) is 60.7 Å². The van der Waals surface area contributed by atoms with Gasteiger partial charge in [0.2, 0.25) is 0 Å². The molecule has 0 radical (unpaired) electrons. The maximum Gasteiger partial charge on any atom is 0.188 e. The van der Waals surface area contributed by atoms with Crippen molar-refractivity contribution in [1.82, 2.24) is 4.57 Å². The fourth-order valence-corrected chi connectivity index (χ4v) is 7.28. The first-order valence-electron chi connectivity index (χ1n) is 15.2. The second kappa shape index (κ2) is 8.74. The lowest BCUT2D eigenvalue weighted by Crippen LogP contribution is -2.25. The fraction of sp³-hybridized carbons (Fsp3) is 0.103. The predicted octanol–water partition coefficient (Wildman–Crippen LogP) is 10.1. The number of fused-ring (bicyclic) bond motifs is 10. The minimum atomic E-state index is -0.378. The van der Waals surface area contributed by atoms with Gasteiger partial charge in [-0.15, -0.1) is 0 Å². The highest BCUT2D eigenvalue weighted by molar-refractivity contribution is 6.16. The molecule has 0 saturated carbocycles. The molecular formula is C39H27N3O2. The number of rotatable bonds is 2. The first-order chi connectivity index (χ1) is 21.7. The number of hydrogen-bond acceptors (Lipinski definition) is 4. The van der Waals surface area contributed by atoms with Crippen LogP contribution >= 0.6 is 0 Å². The molecule has 5 aromatic carbocycles. The number of hydrogen-bond donors (Lipinski definition) is 1. The third-order valence-electron chi connectivity index (χ3n) is 9.37. The Balaban J connectivity index is 1.27. The Kier molecular flexibility index (Phi) is 4.76. The van der Waals surface area contributed by atoms with Gasteiger partial charge in [0.25, 0.3) is 0 Å². The molecule has 2 aliphatic rings. The van der Waals surface area contributed by atoms with Gasteiger partial charge in [-0.2, -0.15) is 0 Å². The molecule has 0 spiro atoms. The number of para-hydroxylation sites is 2. The van der Waals surface area contributed by atoms with Crippen LogP contribution in [0.15, 0.2) is 123 Å². The van der Waals surface area contributed by atoms with Crippen LogP contribution < -0.4 is 5.32 Å². The molecule has 0 saturated heterocycles. The number of anilines is 1. The SMILES string of the molecule is CC1C=Cc2c(n(C3N=C(c4ccc5oc6ccccc6c5c4)Nc4c3oc3ccccc43)c3cc4ccccc4cc23)C1. The molecule has 1 aliphatic heterocycles. The summed E-state index contributed by atoms with van der Waals surface area (Å²) in [4.78, 5) is 5.49. The fourth-order valence-electron chi connectivity index (χ4n) is 7.28. The normalized spacial score (nSPS) is 17.8. The number of nitrogens with one attached hydrogen (secondary N) is 1. The lowest BCUT2D eigenvalue weighted by Gasteiger charge is -2.26. The van der Waals surface area contributed by atoms with Crippen molar-refractivity contribution >= 4 is 72.2 Å². The van der Waals surface area contributed by atoms with Gasteiger partial charge in [-0.3, -0.25) is 0 Å². The van der Waals surface area contributed by atoms with E-state index in [0.29, 0.717) is 5.92 Å². The molecule has 0 fully saturated rings. The zero-order valence-corrected chi connectivity index (χ0v) is 24.0. The van der Waals surface area contributed by atoms with Crippen LogP contribution in [0.1, 0.15) is 35.7 Å². The molecule has 44 heavy (non-hydrogen) atoms. The molecule has 5 nitrogen and oxygen atoms in total. The zero-order valence-electron chi connectivity index (χ0n) is 24.0. The molecule has 0 bridgehead atoms. The second-order valence-corrected chi connectivity index (χ2v) is 12.1. The number of allylic oxidation sites excluding steroid dienone is 1. The van der Waals surface area contributed by atoms with E-state index < -0.39 is 0 Å². The van der Waals surface area contributed by atoms with Gasteiger partial charge in [-0.1, -0.05) is 73.7 Å². The summed E-state index contributed by atoms with van der Waals surface area (Å²) in [6.45, 7) is 2.28. The summed E-state index contributed by atoms with van der Waals surface area (Å²) < 4.78 is 15.2. The number of furan rings is 2. The minimum absolute atomic E-state index is 0.378. The monoisotopic (exact) mass is 569 g/mol. The Bertz CT molecular complexity index is 2540. The summed E-state index contributed by atoms with van der Waals surface area (Å²) in [7, 11) is 0. The maximum absolute atomic E-state index is 6.66. The van der Waals surface area contributed by atoms with Crippen LogP contribution in [0.5, 0.6) is 0 Å². The van der Waals surface area contributed by atoms with E-state index in [1.807, 2.05) is 24.3 Å². The average Bonchev–Trinajstić information content (AvgIpc) is 3.72. The third-order valence-corrected chi connectivity index (χ3v) is 9.37. The van der Waals surface area contributed by atoms with Crippen molar-refractivity contribution in [3.63, 3.8) is 0 Å². The molecule has 10 rings (SSSR count). The molecule has 3 aromatic heterocycles. The van der Waals surface area contributed by atoms with Gasteiger partial charge in [0.15, 0.2) is 11.9 Å². The Morgan fingerprint density at radius 3 is 2.32 bits per heavy atom. The number of aliphatic imine (C=N–C) groups is 1. The van der Waals surface area contributed by atoms with E-state index in [9.17, 15) is 0 Å². The lowest BCUT2D eigenvalue weighted by molar-refractivity contribution is 0.455. The largest absolute Gasteiger partial charge is 0.456 e. The smallest absolute Gasteiger partial charge is 0.188 e. The summed E-state index contributed by atoms with van der Waals surface area (Å²) in [5.41, 5.74) is 8.34. The van der Waals surface area contributed by atoms with Crippen molar-refractivity contribution in [2.75, 3.05) is 5.32 Å². The highest BCUT2D eigenvalue weighted by Gasteiger charge is 2.34. The maximum atomic E-state index is 6.66. The van der Waals surface area contributed by atoms with E-state index in [1.54, 1.807) is 0 Å². The van der Waals surface area contributed by atoms with Gasteiger partial charge in [0, 0.05) is 38.4 Å². The van der Waals surface area contributed by atoms with Gasteiger partial charge >= 0.3 is 0 Å². The highest BCUT2D eigenvalue weighted by Crippen LogP contribution is 2.45. The zero-order chi connectivity index (χ0) is 28.9. The number of benzene rings is 5. The van der Waals surface area contributed by atoms with Crippen LogP contribution in [0.4, 0.5) is 5.69 Å². The first kappa shape index (κ1) is 24.0. The number of aromatic nitrogens is 1. The Morgan fingerprint density at radius 2 is 1.45 bits per heavy atom. The van der Waals surface area contributed by atoms with Crippen LogP contribution in [0, 0.1) is 5.92 Å². The number of amidine groups is 1. The van der Waals surface area contributed by atoms with E-state index in [0.717, 1.165) is 62.2 Å². The molecule has 2 unspecified atom stereocenters. The average molecular weight is 570 g/mol. The van der Waals surface area contributed by atoms with Crippen molar-refractivity contribution < 1.29 is 8.83 Å². The Morgan fingerprint density at radius 1 is 0.727 bits per heavy atom.